The summed E-state index contributed by atoms with van der Waals surface area (Å²) in [6.45, 7) is 4.98. The van der Waals surface area contributed by atoms with E-state index in [0.717, 1.165) is 0 Å². The molecule has 17 heavy (non-hydrogen) atoms. The van der Waals surface area contributed by atoms with E-state index in [1.54, 1.807) is 0 Å². The summed E-state index contributed by atoms with van der Waals surface area (Å²) in [5.74, 6) is 0.577. The highest BCUT2D eigenvalue weighted by Gasteiger charge is 2.21. The fraction of sp³-hybridized carbons (Fsp3) is 1.00. The Morgan fingerprint density at radius 1 is 1.12 bits per heavy atom. The summed E-state index contributed by atoms with van der Waals surface area (Å²) in [5.41, 5.74) is 0. The van der Waals surface area contributed by atoms with Crippen LogP contribution in [0.25, 0.3) is 0 Å². The standard InChI is InChI=1S/C15H31NO/c1-3-4-5-6-7-13(2)16-15-10-8-14(12-17)9-11-15/h13-17H,3-12H2,1-2H3. The predicted octanol–water partition coefficient (Wildman–Crippen LogP) is 3.49. The van der Waals surface area contributed by atoms with E-state index >= 15 is 0 Å². The summed E-state index contributed by atoms with van der Waals surface area (Å²) in [5, 5.41) is 12.9. The highest BCUT2D eigenvalue weighted by Crippen LogP contribution is 2.24. The van der Waals surface area contributed by atoms with Gasteiger partial charge in [0.25, 0.3) is 0 Å². The lowest BCUT2D eigenvalue weighted by molar-refractivity contribution is 0.171. The maximum Gasteiger partial charge on any atom is 0.0459 e. The molecule has 1 aliphatic rings. The first-order valence-electron chi connectivity index (χ1n) is 7.63. The molecule has 0 aromatic heterocycles. The van der Waals surface area contributed by atoms with E-state index < -0.39 is 0 Å². The summed E-state index contributed by atoms with van der Waals surface area (Å²) in [6.07, 6.45) is 11.7. The zero-order valence-corrected chi connectivity index (χ0v) is 11.8. The van der Waals surface area contributed by atoms with Gasteiger partial charge in [0.05, 0.1) is 0 Å². The smallest absolute Gasteiger partial charge is 0.0459 e. The number of unbranched alkanes of at least 4 members (excludes halogenated alkanes) is 3. The second-order valence-corrected chi connectivity index (χ2v) is 5.82. The molecule has 1 rings (SSSR count). The van der Waals surface area contributed by atoms with Crippen LogP contribution < -0.4 is 5.32 Å². The Morgan fingerprint density at radius 3 is 2.41 bits per heavy atom. The average molecular weight is 241 g/mol. The van der Waals surface area contributed by atoms with Gasteiger partial charge in [-0.25, -0.2) is 0 Å². The minimum Gasteiger partial charge on any atom is -0.396 e. The van der Waals surface area contributed by atoms with Crippen LogP contribution in [0.1, 0.15) is 71.6 Å². The molecule has 0 heterocycles. The monoisotopic (exact) mass is 241 g/mol. The maximum absolute atomic E-state index is 9.11. The van der Waals surface area contributed by atoms with Gasteiger partial charge in [-0.05, 0) is 44.9 Å². The van der Waals surface area contributed by atoms with Gasteiger partial charge in [0.1, 0.15) is 0 Å². The molecule has 0 radical (unpaired) electrons. The molecule has 102 valence electrons. The summed E-state index contributed by atoms with van der Waals surface area (Å²) in [6, 6.07) is 1.38. The quantitative estimate of drug-likeness (QED) is 0.638. The summed E-state index contributed by atoms with van der Waals surface area (Å²) < 4.78 is 0. The Kier molecular flexibility index (Phi) is 7.87. The zero-order valence-electron chi connectivity index (χ0n) is 11.8. The lowest BCUT2D eigenvalue weighted by Crippen LogP contribution is -2.39. The van der Waals surface area contributed by atoms with E-state index in [1.165, 1.54) is 57.8 Å². The van der Waals surface area contributed by atoms with Crippen LogP contribution in [0.15, 0.2) is 0 Å². The lowest BCUT2D eigenvalue weighted by Gasteiger charge is -2.30. The average Bonchev–Trinajstić information content (AvgIpc) is 2.36. The van der Waals surface area contributed by atoms with E-state index in [1.807, 2.05) is 0 Å². The van der Waals surface area contributed by atoms with Crippen LogP contribution in [0.5, 0.6) is 0 Å². The predicted molar refractivity (Wildman–Crippen MR) is 74.2 cm³/mol. The van der Waals surface area contributed by atoms with E-state index in [2.05, 4.69) is 19.2 Å². The van der Waals surface area contributed by atoms with Crippen molar-refractivity contribution in [2.45, 2.75) is 83.7 Å². The highest BCUT2D eigenvalue weighted by atomic mass is 16.3. The van der Waals surface area contributed by atoms with Crippen LogP contribution in [0.3, 0.4) is 0 Å². The fourth-order valence-corrected chi connectivity index (χ4v) is 2.87. The van der Waals surface area contributed by atoms with E-state index in [4.69, 9.17) is 5.11 Å². The van der Waals surface area contributed by atoms with Crippen molar-refractivity contribution >= 4 is 0 Å². The first-order valence-corrected chi connectivity index (χ1v) is 7.63. The number of nitrogens with one attached hydrogen (secondary N) is 1. The third-order valence-corrected chi connectivity index (χ3v) is 4.12. The molecule has 2 heteroatoms. The summed E-state index contributed by atoms with van der Waals surface area (Å²) in [7, 11) is 0. The first kappa shape index (κ1) is 15.0. The Hall–Kier alpha value is -0.0800. The SMILES string of the molecule is CCCCCCC(C)NC1CCC(CO)CC1. The normalized spacial score (nSPS) is 27.0. The van der Waals surface area contributed by atoms with Crippen LogP contribution in [-0.2, 0) is 0 Å². The molecule has 2 N–H and O–H groups in total. The molecule has 0 amide bonds. The Morgan fingerprint density at radius 2 is 1.82 bits per heavy atom. The number of hydrogen-bond acceptors (Lipinski definition) is 2. The van der Waals surface area contributed by atoms with Crippen LogP contribution >= 0.6 is 0 Å². The molecule has 2 nitrogen and oxygen atoms in total. The fourth-order valence-electron chi connectivity index (χ4n) is 2.87. The molecular formula is C15H31NO. The van der Waals surface area contributed by atoms with Crippen molar-refractivity contribution < 1.29 is 5.11 Å². The second kappa shape index (κ2) is 8.93. The number of aliphatic hydroxyl groups excluding tert-OH is 1. The highest BCUT2D eigenvalue weighted by molar-refractivity contribution is 4.78. The molecule has 1 atom stereocenters. The van der Waals surface area contributed by atoms with Crippen molar-refractivity contribution in [3.05, 3.63) is 0 Å². The third-order valence-electron chi connectivity index (χ3n) is 4.12. The minimum atomic E-state index is 0.388. The van der Waals surface area contributed by atoms with E-state index in [-0.39, 0.29) is 0 Å². The topological polar surface area (TPSA) is 32.3 Å². The summed E-state index contributed by atoms with van der Waals surface area (Å²) in [4.78, 5) is 0. The third kappa shape index (κ3) is 6.42. The summed E-state index contributed by atoms with van der Waals surface area (Å²) >= 11 is 0. The van der Waals surface area contributed by atoms with Crippen molar-refractivity contribution in [1.29, 1.82) is 0 Å². The largest absolute Gasteiger partial charge is 0.396 e. The van der Waals surface area contributed by atoms with Gasteiger partial charge in [0.2, 0.25) is 0 Å². The van der Waals surface area contributed by atoms with Crippen LogP contribution in [-0.4, -0.2) is 23.8 Å². The van der Waals surface area contributed by atoms with Crippen LogP contribution in [0, 0.1) is 5.92 Å². The molecule has 0 aromatic rings. The van der Waals surface area contributed by atoms with Gasteiger partial charge < -0.3 is 10.4 Å². The molecule has 0 aliphatic heterocycles. The molecule has 0 saturated heterocycles. The molecule has 0 bridgehead atoms. The molecule has 1 saturated carbocycles. The van der Waals surface area contributed by atoms with Gasteiger partial charge in [-0.2, -0.15) is 0 Å². The van der Waals surface area contributed by atoms with Crippen molar-refractivity contribution in [1.82, 2.24) is 5.32 Å². The first-order chi connectivity index (χ1) is 8.26. The molecule has 0 spiro atoms. The number of hydrogen-bond donors (Lipinski definition) is 2. The molecule has 0 aromatic carbocycles. The molecular weight excluding hydrogens is 210 g/mol. The maximum atomic E-state index is 9.11. The van der Waals surface area contributed by atoms with Gasteiger partial charge in [-0.1, -0.05) is 32.6 Å². The van der Waals surface area contributed by atoms with Crippen molar-refractivity contribution in [2.24, 2.45) is 5.92 Å². The second-order valence-electron chi connectivity index (χ2n) is 5.82. The Labute approximate surface area is 107 Å². The van der Waals surface area contributed by atoms with Crippen molar-refractivity contribution in [3.63, 3.8) is 0 Å². The lowest BCUT2D eigenvalue weighted by atomic mass is 9.86. The van der Waals surface area contributed by atoms with E-state index in [9.17, 15) is 0 Å². The number of aliphatic hydroxyl groups is 1. The zero-order chi connectivity index (χ0) is 12.5. The van der Waals surface area contributed by atoms with Gasteiger partial charge in [0, 0.05) is 18.7 Å². The van der Waals surface area contributed by atoms with E-state index in [0.29, 0.717) is 24.6 Å². The molecule has 1 unspecified atom stereocenters. The molecule has 1 fully saturated rings. The number of rotatable bonds is 8. The van der Waals surface area contributed by atoms with Gasteiger partial charge in [0.15, 0.2) is 0 Å². The van der Waals surface area contributed by atoms with Gasteiger partial charge in [-0.15, -0.1) is 0 Å². The van der Waals surface area contributed by atoms with Gasteiger partial charge in [-0.3, -0.25) is 0 Å². The van der Waals surface area contributed by atoms with Crippen LogP contribution in [0.2, 0.25) is 0 Å². The van der Waals surface area contributed by atoms with Gasteiger partial charge >= 0.3 is 0 Å². The molecule has 1 aliphatic carbocycles. The van der Waals surface area contributed by atoms with Crippen LogP contribution in [0.4, 0.5) is 0 Å². The van der Waals surface area contributed by atoms with Crippen molar-refractivity contribution in [3.8, 4) is 0 Å². The Bertz CT molecular complexity index is 176. The van der Waals surface area contributed by atoms with Crippen molar-refractivity contribution in [2.75, 3.05) is 6.61 Å². The Balaban J connectivity index is 2.04. The minimum absolute atomic E-state index is 0.388.